The van der Waals surface area contributed by atoms with Crippen LogP contribution in [0.5, 0.6) is 0 Å². The number of aromatic nitrogens is 10. The second kappa shape index (κ2) is 32.6. The summed E-state index contributed by atoms with van der Waals surface area (Å²) in [6.07, 6.45) is -20.7. The highest BCUT2D eigenvalue weighted by molar-refractivity contribution is 7.68. The second-order valence-corrected chi connectivity index (χ2v) is 39.2. The van der Waals surface area contributed by atoms with Crippen molar-refractivity contribution in [3.8, 4) is 0 Å². The molecular formula is C31H51Cl2N15O48P12. The molecule has 26 N–H and O–H groups in total. The molecule has 5 aromatic heterocycles. The zero-order chi connectivity index (χ0) is 81.4. The molecule has 0 amide bonds. The largest absolute Gasteiger partial charge is 0.490 e. The zero-order valence-electron chi connectivity index (χ0n) is 51.5. The molecule has 77 heteroatoms. The molecule has 5 aromatic rings. The number of nitrogens with zero attached hydrogens (tertiary/aromatic N) is 11. The van der Waals surface area contributed by atoms with Crippen molar-refractivity contribution in [2.24, 2.45) is 0 Å². The Morgan fingerprint density at radius 3 is 1.31 bits per heavy atom. The summed E-state index contributed by atoms with van der Waals surface area (Å²) in [5.41, 5.74) is 10.5. The minimum absolute atomic E-state index is 0.0924. The molecular weight excluding hydrogens is 1790 g/mol. The van der Waals surface area contributed by atoms with Crippen molar-refractivity contribution in [2.75, 3.05) is 43.7 Å². The van der Waals surface area contributed by atoms with Crippen molar-refractivity contribution in [1.29, 1.82) is 5.41 Å². The molecule has 0 aliphatic carbocycles. The van der Waals surface area contributed by atoms with E-state index in [1.165, 1.54) is 10.9 Å². The van der Waals surface area contributed by atoms with Crippen molar-refractivity contribution in [2.45, 2.75) is 79.9 Å². The van der Waals surface area contributed by atoms with Crippen LogP contribution in [0.25, 0.3) is 22.3 Å². The van der Waals surface area contributed by atoms with E-state index < -0.39 is 215 Å². The van der Waals surface area contributed by atoms with Gasteiger partial charge in [-0.15, -0.1) is 0 Å². The number of hydrogen-bond acceptors (Lipinski definition) is 44. The average Bonchev–Trinajstić information content (AvgIpc) is 1.57. The Bertz CT molecular complexity index is 4800. The number of nitrogens with two attached hydrogens (primary N) is 2. The van der Waals surface area contributed by atoms with Gasteiger partial charge in [0.15, 0.2) is 58.4 Å². The molecule has 0 bridgehead atoms. The van der Waals surface area contributed by atoms with E-state index in [0.29, 0.717) is 10.4 Å². The van der Waals surface area contributed by atoms with Crippen LogP contribution in [-0.2, 0) is 126 Å². The molecule has 9 heterocycles. The number of hydrogen-bond donors (Lipinski definition) is 24. The third-order valence-electron chi connectivity index (χ3n) is 12.9. The Balaban J connectivity index is 0.000000381. The molecule has 3 saturated heterocycles. The molecule has 63 nitrogen and oxygen atoms in total. The van der Waals surface area contributed by atoms with Crippen molar-refractivity contribution in [3.05, 3.63) is 35.2 Å². The molecule has 0 radical (unpaired) electrons. The lowest BCUT2D eigenvalue weighted by molar-refractivity contribution is -0.333. The maximum atomic E-state index is 13.7. The minimum Gasteiger partial charge on any atom is -0.390 e. The summed E-state index contributed by atoms with van der Waals surface area (Å²) in [7, 11) is -76.9. The Labute approximate surface area is 603 Å². The molecule has 20 atom stereocenters. The van der Waals surface area contributed by atoms with Gasteiger partial charge in [-0.3, -0.25) is 28.2 Å². The Hall–Kier alpha value is -2.92. The van der Waals surface area contributed by atoms with Gasteiger partial charge in [0.1, 0.15) is 67.0 Å². The monoisotopic (exact) mass is 1840 g/mol. The molecule has 4 aliphatic heterocycles. The van der Waals surface area contributed by atoms with Gasteiger partial charge in [-0.25, -0.2) is 103 Å². The number of halogens is 2. The number of aliphatic hydroxyl groups excluding tert-OH is 5. The second-order valence-electron chi connectivity index (χ2n) is 20.8. The van der Waals surface area contributed by atoms with E-state index in [-0.39, 0.29) is 35.2 Å². The first kappa shape index (κ1) is 90.6. The van der Waals surface area contributed by atoms with E-state index in [1.54, 1.807) is 11.9 Å². The standard InChI is InChI=1S/C20H31Cl2N10O35P9.C11H20N5O13P3/c21-18-29-8-13(23)25-3-27-15(8)31(18)7-1-5(33)12(58-7)20(59-71(44,45)65-74(50,51)62-68(36,37)38,60-72(46,47)66-75(52,53)63-69(39,40)41)61-73(48,49)67-76(54,55)64-70(42,43)56-2-6-10(34)11(35)17(57-6)32-16-9(30-19(32)22)14(24)26-4-28-16;1-15-3-14-10-6(9(15)12)13-4-16(10)11-8(18)7(17)5(27-11)2-26-31(22,23)29-32(24,25)28-30(19,20)21/h3-7,10-12,17,33-35H,1-2H2,(H,42,43)(H,44,45)(H,46,47)(H,48,49)(H,50,51)(H,52,53)(H,54,55)(H2,23,25,27)(H2,24,26,28)(H2,36,37,38)(H2,39,40,41);4-5,7-8,11-12,14,17-18H,2-3H2,1H3,(H,22,23)(H,24,25)(H2,19,20,21)/t5-,6+,7+,10+,11+,12-,17+;5-,7-,8-,11-/m01/s1. The third kappa shape index (κ3) is 23.2. The van der Waals surface area contributed by atoms with E-state index in [1.807, 2.05) is 0 Å². The van der Waals surface area contributed by atoms with Gasteiger partial charge in [0.05, 0.1) is 32.3 Å². The van der Waals surface area contributed by atoms with Crippen molar-refractivity contribution in [1.82, 2.24) is 53.5 Å². The Morgan fingerprint density at radius 2 is 0.889 bits per heavy atom. The van der Waals surface area contributed by atoms with Crippen LogP contribution in [0.2, 0.25) is 10.6 Å². The first-order chi connectivity index (χ1) is 48.9. The van der Waals surface area contributed by atoms with Crippen LogP contribution in [0.4, 0.5) is 17.5 Å². The van der Waals surface area contributed by atoms with Gasteiger partial charge < -0.3 is 135 Å². The maximum Gasteiger partial charge on any atom is 0.490 e. The number of anilines is 3. The molecule has 4 aliphatic rings. The Kier molecular flexibility index (Phi) is 27.4. The molecule has 0 aromatic carbocycles. The van der Waals surface area contributed by atoms with Crippen LogP contribution in [0, 0.1) is 5.41 Å². The lowest BCUT2D eigenvalue weighted by Gasteiger charge is -2.38. The van der Waals surface area contributed by atoms with E-state index in [0.717, 1.165) is 17.2 Å². The van der Waals surface area contributed by atoms with Crippen molar-refractivity contribution in [3.63, 3.8) is 0 Å². The Morgan fingerprint density at radius 1 is 0.519 bits per heavy atom. The van der Waals surface area contributed by atoms with Gasteiger partial charge in [-0.2, -0.15) is 34.5 Å². The number of nitrogen functional groups attached to an aromatic ring is 2. The lowest BCUT2D eigenvalue weighted by atomic mass is 10.1. The van der Waals surface area contributed by atoms with E-state index >= 15 is 0 Å². The molecule has 9 rings (SSSR count). The number of nitrogens with one attached hydrogen (secondary N) is 2. The maximum absolute atomic E-state index is 13.7. The molecule has 9 unspecified atom stereocenters. The summed E-state index contributed by atoms with van der Waals surface area (Å²) in [5.74, 6) is -5.59. The topological polar surface area (TPSA) is 953 Å². The number of phosphoric acid groups is 12. The molecule has 0 spiro atoms. The van der Waals surface area contributed by atoms with Crippen molar-refractivity contribution >= 4 is 163 Å². The number of ether oxygens (including phenoxy) is 3. The lowest BCUT2D eigenvalue weighted by Crippen LogP contribution is -2.52. The first-order valence-electron chi connectivity index (χ1n) is 26.9. The summed E-state index contributed by atoms with van der Waals surface area (Å²) in [6.45, 7) is -2.16. The number of phosphoric ester groups is 5. The highest BCUT2D eigenvalue weighted by atomic mass is 35.5. The molecule has 108 heavy (non-hydrogen) atoms. The number of amidine groups is 1. The van der Waals surface area contributed by atoms with Gasteiger partial charge in [-0.05, 0) is 23.2 Å². The predicted molar refractivity (Wildman–Crippen MR) is 332 cm³/mol. The summed E-state index contributed by atoms with van der Waals surface area (Å²) in [5, 5.41) is 62.9. The van der Waals surface area contributed by atoms with Gasteiger partial charge >= 0.3 is 99.8 Å². The summed E-state index contributed by atoms with van der Waals surface area (Å²) >= 11 is 12.3. The highest BCUT2D eigenvalue weighted by Crippen LogP contribution is 2.75. The van der Waals surface area contributed by atoms with Crippen LogP contribution >= 0.6 is 117 Å². The summed E-state index contributed by atoms with van der Waals surface area (Å²) in [6, 6.07) is 0. The SMILES string of the molecule is CN1CNc2c(ncn2[C@@H]2O[C@H](COP(=O)(O)OP(=O)(O)OP(=O)(O)O)[C@@H](O)[C@H]2O)C1=N.Nc1ncnc2c1nc(Cl)n2[C@@H]1O[C@H](COP(=O)(O)OP(=O)(O)OP(=O)(O)OC(OP(=O)(O)OP(=O)(O)OP(=O)(O)O)(OP(=O)(O)OP(=O)(O)OP(=O)(O)O)[C@H]2O[C@@H](n3c(Cl)nc4c(N)ncnc43)C[C@@H]2O)[C@@H](O)[C@H]1O. The highest BCUT2D eigenvalue weighted by Gasteiger charge is 2.66. The van der Waals surface area contributed by atoms with Gasteiger partial charge in [0, 0.05) is 13.5 Å². The summed E-state index contributed by atoms with van der Waals surface area (Å²) < 4.78 is 218. The molecule has 3 fully saturated rings. The quantitative estimate of drug-likeness (QED) is 0.0121. The number of rotatable bonds is 32. The minimum atomic E-state index is -7.44. The molecule has 0 saturated carbocycles. The predicted octanol–water partition coefficient (Wildman–Crippen LogP) is -2.40. The van der Waals surface area contributed by atoms with Gasteiger partial charge in [-0.1, -0.05) is 0 Å². The van der Waals surface area contributed by atoms with E-state index in [4.69, 9.17) is 88.5 Å². The zero-order valence-corrected chi connectivity index (χ0v) is 63.7. The van der Waals surface area contributed by atoms with Crippen LogP contribution in [0.3, 0.4) is 0 Å². The van der Waals surface area contributed by atoms with Gasteiger partial charge in [0.2, 0.25) is 10.6 Å². The van der Waals surface area contributed by atoms with Crippen LogP contribution < -0.4 is 16.8 Å². The first-order valence-corrected chi connectivity index (χ1v) is 45.7. The van der Waals surface area contributed by atoms with Gasteiger partial charge in [0.25, 0.3) is 0 Å². The van der Waals surface area contributed by atoms with Crippen LogP contribution in [-0.4, -0.2) is 240 Å². The number of imidazole rings is 3. The smallest absolute Gasteiger partial charge is 0.390 e. The normalized spacial score (nSPS) is 28.6. The molecule has 612 valence electrons. The van der Waals surface area contributed by atoms with Crippen LogP contribution in [0.15, 0.2) is 19.0 Å². The average molecular weight is 1840 g/mol. The van der Waals surface area contributed by atoms with Crippen LogP contribution in [0.1, 0.15) is 30.8 Å². The summed E-state index contributed by atoms with van der Waals surface area (Å²) in [4.78, 5) is 173. The number of fused-ring (bicyclic) bond motifs is 3. The fourth-order valence-electron chi connectivity index (χ4n) is 9.18. The fraction of sp³-hybridized carbons (Fsp3) is 0.548. The van der Waals surface area contributed by atoms with E-state index in [2.05, 4.69) is 97.3 Å². The number of aliphatic hydroxyl groups is 5. The van der Waals surface area contributed by atoms with Crippen molar-refractivity contribution < 1.29 is 225 Å². The van der Waals surface area contributed by atoms with E-state index in [9.17, 15) is 119 Å². The fourth-order valence-corrected chi connectivity index (χ4v) is 22.8. The third-order valence-corrected chi connectivity index (χ3v) is 29.2.